The van der Waals surface area contributed by atoms with Gasteiger partial charge in [0.25, 0.3) is 0 Å². The van der Waals surface area contributed by atoms with Crippen LogP contribution in [0, 0.1) is 69.2 Å². The normalized spacial score (nSPS) is 12.5. The number of aryl methyl sites for hydroxylation is 10. The molecule has 0 heterocycles. The summed E-state index contributed by atoms with van der Waals surface area (Å²) in [5, 5.41) is 13.9. The fraction of sp³-hybridized carbons (Fsp3) is 0.158. The third-order valence-corrected chi connectivity index (χ3v) is 21.2. The van der Waals surface area contributed by atoms with Crippen LogP contribution in [0.5, 0.6) is 0 Å². The van der Waals surface area contributed by atoms with Gasteiger partial charge in [-0.25, -0.2) is 0 Å². The molecule has 0 saturated carbocycles. The van der Waals surface area contributed by atoms with Gasteiger partial charge in [0, 0.05) is 0 Å². The van der Waals surface area contributed by atoms with Crippen molar-refractivity contribution < 1.29 is 0 Å². The van der Waals surface area contributed by atoms with Crippen molar-refractivity contribution >= 4 is 53.9 Å². The zero-order valence-electron chi connectivity index (χ0n) is 56.6. The number of hydrogen-bond donors (Lipinski definition) is 0. The first-order valence-corrected chi connectivity index (χ1v) is 34.2. The molecule has 5 aliphatic carbocycles. The summed E-state index contributed by atoms with van der Waals surface area (Å²) in [5.74, 6) is 0. The van der Waals surface area contributed by atoms with E-state index in [9.17, 15) is 0 Å². The van der Waals surface area contributed by atoms with Gasteiger partial charge in [0.2, 0.25) is 0 Å². The lowest BCUT2D eigenvalue weighted by atomic mass is 9.94. The average Bonchev–Trinajstić information content (AvgIpc) is 1.67. The second kappa shape index (κ2) is 23.9. The highest BCUT2D eigenvalue weighted by atomic mass is 14.3. The first kappa shape index (κ1) is 59.6. The number of hydrogen-bond acceptors (Lipinski definition) is 0. The number of benzene rings is 15. The quantitative estimate of drug-likeness (QED) is 0.142. The largest absolute Gasteiger partial charge is 0.0616 e. The van der Waals surface area contributed by atoms with Crippen molar-refractivity contribution in [3.05, 3.63) is 354 Å². The van der Waals surface area contributed by atoms with Gasteiger partial charge in [0.1, 0.15) is 0 Å². The van der Waals surface area contributed by atoms with E-state index in [0.29, 0.717) is 0 Å². The molecule has 0 saturated heterocycles. The van der Waals surface area contributed by atoms with Gasteiger partial charge in [-0.2, -0.15) is 0 Å². The first-order chi connectivity index (χ1) is 46.2. The molecule has 0 spiro atoms. The summed E-state index contributed by atoms with van der Waals surface area (Å²) in [7, 11) is 0. The molecule has 0 aliphatic heterocycles. The molecule has 0 atom stereocenters. The second-order valence-corrected chi connectivity index (χ2v) is 28.1. The minimum Gasteiger partial charge on any atom is -0.0616 e. The molecule has 15 aromatic carbocycles. The third kappa shape index (κ3) is 10.7. The van der Waals surface area contributed by atoms with Crippen LogP contribution in [0.25, 0.3) is 109 Å². The van der Waals surface area contributed by atoms with Crippen molar-refractivity contribution in [3.8, 4) is 55.6 Å². The second-order valence-electron chi connectivity index (χ2n) is 28.1. The molecule has 460 valence electrons. The van der Waals surface area contributed by atoms with E-state index < -0.39 is 0 Å². The zero-order valence-corrected chi connectivity index (χ0v) is 56.6. The van der Waals surface area contributed by atoms with Gasteiger partial charge in [0.15, 0.2) is 0 Å². The Kier molecular flexibility index (Phi) is 15.0. The van der Waals surface area contributed by atoms with Crippen molar-refractivity contribution in [1.29, 1.82) is 0 Å². The van der Waals surface area contributed by atoms with Crippen molar-refractivity contribution in [2.75, 3.05) is 0 Å². The molecule has 0 nitrogen and oxygen atoms in total. The SMILES string of the molecule is Cc1ccc2c(c1)-c1c(ccc3c(C)cccc13)C2.Cc1ccc2c(c1)Cc1cc(C)c3ccccc3c1-2.Cc1ccc2c(c1)Cc1cc3cc(C)ccc3cc1-2.Cc1ccc2c(c1)Cc1ccc3c(C)cccc3c1-2.Cc1ccc2c(c1)Cc1ccc3c(C)cccc3c1-2. The van der Waals surface area contributed by atoms with E-state index in [1.807, 2.05) is 0 Å². The lowest BCUT2D eigenvalue weighted by molar-refractivity contribution is 1.24. The molecule has 15 aromatic rings. The highest BCUT2D eigenvalue weighted by Crippen LogP contribution is 2.47. The molecule has 20 rings (SSSR count). The molecule has 0 heteroatoms. The van der Waals surface area contributed by atoms with Crippen LogP contribution in [-0.4, -0.2) is 0 Å². The molecule has 0 unspecified atom stereocenters. The van der Waals surface area contributed by atoms with E-state index in [4.69, 9.17) is 0 Å². The molecule has 0 radical (unpaired) electrons. The molecule has 0 fully saturated rings. The van der Waals surface area contributed by atoms with Crippen molar-refractivity contribution in [2.45, 2.75) is 101 Å². The standard InChI is InChI=1S/5C19H16/c1-12-3-5-14-11-19-17(9-15(14)7-12)10-16-8-13(2)4-6-18(16)19;2*1-12-6-8-17-15(10-12)11-14-7-9-16-13(2)4-3-5-18(16)19(14)17;1-12-6-7-14-11-15-8-9-16-13(2)4-3-5-17(16)19(15)18(14)10-12;1-12-7-8-17-14(9-12)11-15-10-13(2)16-5-3-4-6-18(16)19(15)17/h3-9,11H,10H2,1-2H3;4*3-10H,11H2,1-2H3. The third-order valence-electron chi connectivity index (χ3n) is 21.2. The van der Waals surface area contributed by atoms with Crippen LogP contribution in [-0.2, 0) is 32.1 Å². The molecule has 5 aliphatic rings. The summed E-state index contributed by atoms with van der Waals surface area (Å²) in [6.45, 7) is 21.8. The zero-order chi connectivity index (χ0) is 64.9. The van der Waals surface area contributed by atoms with Crippen LogP contribution >= 0.6 is 0 Å². The Hall–Kier alpha value is -10.4. The summed E-state index contributed by atoms with van der Waals surface area (Å²) in [4.78, 5) is 0. The monoisotopic (exact) mass is 1220 g/mol. The van der Waals surface area contributed by atoms with Crippen molar-refractivity contribution in [1.82, 2.24) is 0 Å². The van der Waals surface area contributed by atoms with Gasteiger partial charge >= 0.3 is 0 Å². The smallest absolute Gasteiger partial charge is 0.00130 e. The maximum Gasteiger partial charge on any atom is -0.00130 e. The Labute approximate surface area is 561 Å². The summed E-state index contributed by atoms with van der Waals surface area (Å²) < 4.78 is 0. The number of fused-ring (bicyclic) bond motifs is 24. The molecule has 0 amide bonds. The fourth-order valence-electron chi connectivity index (χ4n) is 16.6. The summed E-state index contributed by atoms with van der Waals surface area (Å²) >= 11 is 0. The predicted molar refractivity (Wildman–Crippen MR) is 408 cm³/mol. The van der Waals surface area contributed by atoms with E-state index >= 15 is 0 Å². The van der Waals surface area contributed by atoms with E-state index in [2.05, 4.69) is 312 Å². The van der Waals surface area contributed by atoms with Crippen molar-refractivity contribution in [3.63, 3.8) is 0 Å². The highest BCUT2D eigenvalue weighted by molar-refractivity contribution is 6.06. The summed E-state index contributed by atoms with van der Waals surface area (Å²) in [5.41, 5.74) is 42.7. The predicted octanol–water partition coefficient (Wildman–Crippen LogP) is 25.1. The van der Waals surface area contributed by atoms with Gasteiger partial charge < -0.3 is 0 Å². The van der Waals surface area contributed by atoms with Crippen LogP contribution in [0.2, 0.25) is 0 Å². The van der Waals surface area contributed by atoms with Crippen LogP contribution in [0.3, 0.4) is 0 Å². The van der Waals surface area contributed by atoms with Crippen LogP contribution < -0.4 is 0 Å². The van der Waals surface area contributed by atoms with Crippen LogP contribution in [0.15, 0.2) is 243 Å². The van der Waals surface area contributed by atoms with Gasteiger partial charge in [-0.3, -0.25) is 0 Å². The van der Waals surface area contributed by atoms with E-state index in [1.165, 1.54) is 221 Å². The van der Waals surface area contributed by atoms with E-state index in [1.54, 1.807) is 0 Å². The Morgan fingerprint density at radius 1 is 0.168 bits per heavy atom. The highest BCUT2D eigenvalue weighted by Gasteiger charge is 2.26. The van der Waals surface area contributed by atoms with Gasteiger partial charge in [0.05, 0.1) is 0 Å². The molecular weight excluding hydrogens is 1140 g/mol. The molecule has 95 heavy (non-hydrogen) atoms. The van der Waals surface area contributed by atoms with E-state index in [-0.39, 0.29) is 0 Å². The molecule has 0 bridgehead atoms. The number of rotatable bonds is 0. The van der Waals surface area contributed by atoms with Gasteiger partial charge in [-0.15, -0.1) is 0 Å². The maximum atomic E-state index is 2.37. The summed E-state index contributed by atoms with van der Waals surface area (Å²) in [6.07, 6.45) is 5.40. The minimum absolute atomic E-state index is 1.08. The first-order valence-electron chi connectivity index (χ1n) is 34.2. The lowest BCUT2D eigenvalue weighted by Gasteiger charge is -2.09. The molecule has 0 aromatic heterocycles. The van der Waals surface area contributed by atoms with Gasteiger partial charge in [-0.1, -0.05) is 270 Å². The molecule has 0 N–H and O–H groups in total. The average molecular weight is 1220 g/mol. The topological polar surface area (TPSA) is 0 Å². The van der Waals surface area contributed by atoms with Crippen LogP contribution in [0.4, 0.5) is 0 Å². The Morgan fingerprint density at radius 2 is 0.505 bits per heavy atom. The van der Waals surface area contributed by atoms with Crippen molar-refractivity contribution in [2.24, 2.45) is 0 Å². The molecular formula is C95H80. The Bertz CT molecular complexity index is 5500. The minimum atomic E-state index is 1.08. The summed E-state index contributed by atoms with van der Waals surface area (Å²) in [6, 6.07) is 90.4. The Morgan fingerprint density at radius 3 is 1.01 bits per heavy atom. The van der Waals surface area contributed by atoms with Crippen LogP contribution in [0.1, 0.15) is 111 Å². The lowest BCUT2D eigenvalue weighted by Crippen LogP contribution is -1.86. The maximum absolute atomic E-state index is 2.37. The fourth-order valence-corrected chi connectivity index (χ4v) is 16.6. The van der Waals surface area contributed by atoms with E-state index in [0.717, 1.165) is 32.1 Å². The van der Waals surface area contributed by atoms with Gasteiger partial charge in [-0.05, 0) is 295 Å². The Balaban J connectivity index is 0.0000000937.